The van der Waals surface area contributed by atoms with Crippen LogP contribution in [0.25, 0.3) is 0 Å². The van der Waals surface area contributed by atoms with Crippen LogP contribution in [-0.2, 0) is 21.2 Å². The van der Waals surface area contributed by atoms with E-state index in [-0.39, 0.29) is 25.1 Å². The summed E-state index contributed by atoms with van der Waals surface area (Å²) in [4.78, 5) is 0. The molecule has 0 unspecified atom stereocenters. The van der Waals surface area contributed by atoms with Crippen LogP contribution in [0.3, 0.4) is 0 Å². The number of aliphatic hydroxyl groups is 1. The molecule has 0 spiro atoms. The Morgan fingerprint density at radius 1 is 1.25 bits per heavy atom. The highest BCUT2D eigenvalue weighted by molar-refractivity contribution is 7.89. The minimum Gasteiger partial charge on any atom is -0.395 e. The topological polar surface area (TPSA) is 75.6 Å². The van der Waals surface area contributed by atoms with E-state index >= 15 is 0 Å². The predicted octanol–water partition coefficient (Wildman–Crippen LogP) is 0.934. The van der Waals surface area contributed by atoms with Crippen LogP contribution in [0.1, 0.15) is 19.4 Å². The van der Waals surface area contributed by atoms with Gasteiger partial charge in [-0.2, -0.15) is 0 Å². The largest absolute Gasteiger partial charge is 0.395 e. The van der Waals surface area contributed by atoms with Crippen LogP contribution >= 0.6 is 0 Å². The molecule has 0 aliphatic heterocycles. The van der Waals surface area contributed by atoms with Crippen molar-refractivity contribution >= 4 is 10.0 Å². The molecule has 0 fully saturated rings. The van der Waals surface area contributed by atoms with Gasteiger partial charge in [-0.15, -0.1) is 0 Å². The first-order chi connectivity index (χ1) is 9.43. The number of rotatable bonds is 9. The number of sulfonamides is 1. The van der Waals surface area contributed by atoms with E-state index in [0.29, 0.717) is 6.42 Å². The van der Waals surface area contributed by atoms with Gasteiger partial charge in [-0.05, 0) is 25.8 Å². The van der Waals surface area contributed by atoms with Gasteiger partial charge in [0, 0.05) is 6.04 Å². The highest BCUT2D eigenvalue weighted by atomic mass is 32.2. The fourth-order valence-electron chi connectivity index (χ4n) is 1.75. The Kier molecular flexibility index (Phi) is 7.15. The molecule has 1 aromatic carbocycles. The second kappa shape index (κ2) is 8.36. The van der Waals surface area contributed by atoms with Gasteiger partial charge in [0.15, 0.2) is 0 Å². The molecule has 1 rings (SSSR count). The van der Waals surface area contributed by atoms with Gasteiger partial charge in [0.1, 0.15) is 0 Å². The highest BCUT2D eigenvalue weighted by Gasteiger charge is 2.17. The van der Waals surface area contributed by atoms with Gasteiger partial charge >= 0.3 is 0 Å². The summed E-state index contributed by atoms with van der Waals surface area (Å²) >= 11 is 0. The monoisotopic (exact) mass is 301 g/mol. The standard InChI is InChI=1S/C14H23NO4S/c1-12(2)19-8-9-20(17,18)15-14(11-16)10-13-6-4-3-5-7-13/h3-7,12,14-16H,8-11H2,1-2H3/t14-/m0/s1. The molecule has 0 radical (unpaired) electrons. The summed E-state index contributed by atoms with van der Waals surface area (Å²) in [5.74, 6) is -0.101. The molecule has 0 saturated carbocycles. The molecule has 114 valence electrons. The summed E-state index contributed by atoms with van der Waals surface area (Å²) in [6.07, 6.45) is 0.463. The lowest BCUT2D eigenvalue weighted by Gasteiger charge is -2.17. The molecule has 0 aromatic heterocycles. The molecular weight excluding hydrogens is 278 g/mol. The van der Waals surface area contributed by atoms with Crippen LogP contribution < -0.4 is 4.72 Å². The molecule has 0 heterocycles. The van der Waals surface area contributed by atoms with E-state index < -0.39 is 16.1 Å². The fraction of sp³-hybridized carbons (Fsp3) is 0.571. The van der Waals surface area contributed by atoms with Crippen molar-refractivity contribution in [2.24, 2.45) is 0 Å². The summed E-state index contributed by atoms with van der Waals surface area (Å²) < 4.78 is 31.5. The van der Waals surface area contributed by atoms with Gasteiger partial charge in [-0.25, -0.2) is 13.1 Å². The van der Waals surface area contributed by atoms with Crippen molar-refractivity contribution in [3.05, 3.63) is 35.9 Å². The number of nitrogens with one attached hydrogen (secondary N) is 1. The van der Waals surface area contributed by atoms with Gasteiger partial charge in [0.2, 0.25) is 10.0 Å². The van der Waals surface area contributed by atoms with Crippen molar-refractivity contribution in [3.63, 3.8) is 0 Å². The first kappa shape index (κ1) is 17.1. The van der Waals surface area contributed by atoms with Gasteiger partial charge in [0.05, 0.1) is 25.1 Å². The SMILES string of the molecule is CC(C)OCCS(=O)(=O)N[C@H](CO)Cc1ccccc1. The van der Waals surface area contributed by atoms with E-state index in [9.17, 15) is 13.5 Å². The van der Waals surface area contributed by atoms with E-state index in [0.717, 1.165) is 5.56 Å². The molecule has 6 heteroatoms. The number of benzene rings is 1. The Labute approximate surface area is 121 Å². The quantitative estimate of drug-likeness (QED) is 0.711. The van der Waals surface area contributed by atoms with Crippen molar-refractivity contribution in [2.45, 2.75) is 32.4 Å². The summed E-state index contributed by atoms with van der Waals surface area (Å²) in [5.41, 5.74) is 0.979. The lowest BCUT2D eigenvalue weighted by atomic mass is 10.1. The Balaban J connectivity index is 2.50. The molecule has 0 aliphatic carbocycles. The third kappa shape index (κ3) is 7.00. The molecule has 0 amide bonds. The average Bonchev–Trinajstić information content (AvgIpc) is 2.38. The van der Waals surface area contributed by atoms with E-state index in [2.05, 4.69) is 4.72 Å². The maximum atomic E-state index is 11.9. The Morgan fingerprint density at radius 3 is 2.45 bits per heavy atom. The molecular formula is C14H23NO4S. The second-order valence-electron chi connectivity index (χ2n) is 4.93. The molecule has 20 heavy (non-hydrogen) atoms. The normalized spacial score (nSPS) is 13.6. The third-order valence-electron chi connectivity index (χ3n) is 2.69. The summed E-state index contributed by atoms with van der Waals surface area (Å²) in [5, 5.41) is 9.31. The van der Waals surface area contributed by atoms with Crippen LogP contribution in [0.4, 0.5) is 0 Å². The first-order valence-corrected chi connectivity index (χ1v) is 8.34. The summed E-state index contributed by atoms with van der Waals surface area (Å²) in [6, 6.07) is 8.95. The van der Waals surface area contributed by atoms with Gasteiger partial charge in [-0.1, -0.05) is 30.3 Å². The molecule has 1 aromatic rings. The third-order valence-corrected chi connectivity index (χ3v) is 4.09. The van der Waals surface area contributed by atoms with Gasteiger partial charge in [0.25, 0.3) is 0 Å². The molecule has 1 atom stereocenters. The predicted molar refractivity (Wildman–Crippen MR) is 79.0 cm³/mol. The minimum absolute atomic E-state index is 0.00292. The van der Waals surface area contributed by atoms with Crippen LogP contribution in [0.2, 0.25) is 0 Å². The molecule has 0 aliphatic rings. The molecule has 5 nitrogen and oxygen atoms in total. The van der Waals surface area contributed by atoms with E-state index in [4.69, 9.17) is 4.74 Å². The highest BCUT2D eigenvalue weighted by Crippen LogP contribution is 2.04. The zero-order valence-corrected chi connectivity index (χ0v) is 12.8. The van der Waals surface area contributed by atoms with Crippen LogP contribution in [0.5, 0.6) is 0 Å². The molecule has 0 saturated heterocycles. The number of hydrogen-bond acceptors (Lipinski definition) is 4. The Bertz CT molecular complexity index is 473. The maximum Gasteiger partial charge on any atom is 0.214 e. The van der Waals surface area contributed by atoms with Crippen molar-refractivity contribution < 1.29 is 18.3 Å². The van der Waals surface area contributed by atoms with Crippen molar-refractivity contribution in [1.82, 2.24) is 4.72 Å². The summed E-state index contributed by atoms with van der Waals surface area (Å²) in [6.45, 7) is 3.62. The van der Waals surface area contributed by atoms with E-state index in [1.165, 1.54) is 0 Å². The average molecular weight is 301 g/mol. The summed E-state index contributed by atoms with van der Waals surface area (Å²) in [7, 11) is -3.44. The number of aliphatic hydroxyl groups excluding tert-OH is 1. The fourth-order valence-corrected chi connectivity index (χ4v) is 2.85. The van der Waals surface area contributed by atoms with Crippen molar-refractivity contribution in [3.8, 4) is 0 Å². The maximum absolute atomic E-state index is 11.9. The smallest absolute Gasteiger partial charge is 0.214 e. The molecule has 2 N–H and O–H groups in total. The zero-order chi connectivity index (χ0) is 15.0. The van der Waals surface area contributed by atoms with Gasteiger partial charge in [-0.3, -0.25) is 0 Å². The lowest BCUT2D eigenvalue weighted by molar-refractivity contribution is 0.0910. The second-order valence-corrected chi connectivity index (χ2v) is 6.80. The van der Waals surface area contributed by atoms with Crippen LogP contribution in [0, 0.1) is 0 Å². The van der Waals surface area contributed by atoms with Crippen molar-refractivity contribution in [1.29, 1.82) is 0 Å². The van der Waals surface area contributed by atoms with E-state index in [1.54, 1.807) is 0 Å². The zero-order valence-electron chi connectivity index (χ0n) is 12.0. The number of ether oxygens (including phenoxy) is 1. The molecule has 0 bridgehead atoms. The first-order valence-electron chi connectivity index (χ1n) is 6.69. The van der Waals surface area contributed by atoms with Crippen LogP contribution in [0.15, 0.2) is 30.3 Å². The van der Waals surface area contributed by atoms with Crippen molar-refractivity contribution in [2.75, 3.05) is 19.0 Å². The minimum atomic E-state index is -3.44. The lowest BCUT2D eigenvalue weighted by Crippen LogP contribution is -2.41. The van der Waals surface area contributed by atoms with Crippen LogP contribution in [-0.4, -0.2) is 44.6 Å². The Morgan fingerprint density at radius 2 is 1.90 bits per heavy atom. The Hall–Kier alpha value is -0.950. The van der Waals surface area contributed by atoms with Gasteiger partial charge < -0.3 is 9.84 Å². The van der Waals surface area contributed by atoms with E-state index in [1.807, 2.05) is 44.2 Å². The number of hydrogen-bond donors (Lipinski definition) is 2.